The Morgan fingerprint density at radius 3 is 2.33 bits per heavy atom. The van der Waals surface area contributed by atoms with Crippen LogP contribution >= 0.6 is 0 Å². The van der Waals surface area contributed by atoms with Gasteiger partial charge in [-0.2, -0.15) is 0 Å². The monoisotopic (exact) mass is 212 g/mol. The molecule has 0 saturated carbocycles. The molecule has 0 radical (unpaired) electrons. The Labute approximate surface area is 89.9 Å². The van der Waals surface area contributed by atoms with Crippen molar-refractivity contribution >= 4 is 11.9 Å². The summed E-state index contributed by atoms with van der Waals surface area (Å²) >= 11 is 0. The molecule has 0 saturated heterocycles. The summed E-state index contributed by atoms with van der Waals surface area (Å²) in [5, 5.41) is 0. The Morgan fingerprint density at radius 1 is 1.33 bits per heavy atom. The molecule has 0 aromatic rings. The van der Waals surface area contributed by atoms with E-state index in [1.165, 1.54) is 6.92 Å². The van der Waals surface area contributed by atoms with Gasteiger partial charge in [0.15, 0.2) is 6.10 Å². The van der Waals surface area contributed by atoms with Crippen molar-refractivity contribution in [2.45, 2.75) is 33.8 Å². The zero-order valence-electron chi connectivity index (χ0n) is 9.49. The second-order valence-corrected chi connectivity index (χ2v) is 3.26. The van der Waals surface area contributed by atoms with Gasteiger partial charge in [-0.25, -0.2) is 4.79 Å². The quantitative estimate of drug-likeness (QED) is 0.400. The summed E-state index contributed by atoms with van der Waals surface area (Å²) in [6.07, 6.45) is -0.563. The molecule has 0 aromatic carbocycles. The zero-order valence-corrected chi connectivity index (χ0v) is 9.49. The van der Waals surface area contributed by atoms with Crippen molar-refractivity contribution in [1.29, 1.82) is 0 Å². The second kappa shape index (κ2) is 6.88. The molecule has 0 fully saturated rings. The van der Waals surface area contributed by atoms with E-state index in [2.05, 4.69) is 16.6 Å². The summed E-state index contributed by atoms with van der Waals surface area (Å²) in [7, 11) is 0. The van der Waals surface area contributed by atoms with Crippen LogP contribution in [-0.4, -0.2) is 24.6 Å². The first-order valence-electron chi connectivity index (χ1n) is 4.82. The molecule has 4 nitrogen and oxygen atoms in total. The highest BCUT2D eigenvalue weighted by molar-refractivity contribution is 5.88. The predicted octanol–water partition coefficient (Wildman–Crippen LogP) is 1.14. The lowest BCUT2D eigenvalue weighted by atomic mass is 10.1. The van der Waals surface area contributed by atoms with Gasteiger partial charge in [0.05, 0.1) is 6.61 Å². The average molecular weight is 212 g/mol. The fourth-order valence-corrected chi connectivity index (χ4v) is 0.808. The van der Waals surface area contributed by atoms with Gasteiger partial charge in [0.25, 0.3) is 0 Å². The Balaban J connectivity index is 4.39. The number of carbonyl (C=O) groups excluding carboxylic acids is 2. The lowest BCUT2D eigenvalue weighted by molar-refractivity contribution is -0.145. The first kappa shape index (κ1) is 13.5. The van der Waals surface area contributed by atoms with Gasteiger partial charge in [0.2, 0.25) is 0 Å². The SMILES string of the molecule is CCOC(=O)C#CC(OC(C)=O)C(C)C. The van der Waals surface area contributed by atoms with Crippen molar-refractivity contribution in [2.75, 3.05) is 6.61 Å². The van der Waals surface area contributed by atoms with E-state index >= 15 is 0 Å². The first-order valence-corrected chi connectivity index (χ1v) is 4.82. The number of rotatable bonds is 3. The van der Waals surface area contributed by atoms with Gasteiger partial charge in [-0.05, 0) is 12.8 Å². The summed E-state index contributed by atoms with van der Waals surface area (Å²) < 4.78 is 9.54. The van der Waals surface area contributed by atoms with Crippen molar-refractivity contribution in [1.82, 2.24) is 0 Å². The second-order valence-electron chi connectivity index (χ2n) is 3.26. The third-order valence-corrected chi connectivity index (χ3v) is 1.49. The number of hydrogen-bond donors (Lipinski definition) is 0. The van der Waals surface area contributed by atoms with Gasteiger partial charge in [-0.1, -0.05) is 13.8 Å². The molecule has 0 aromatic heterocycles. The van der Waals surface area contributed by atoms with E-state index in [1.807, 2.05) is 13.8 Å². The summed E-state index contributed by atoms with van der Waals surface area (Å²) in [6.45, 7) is 7.00. The number of hydrogen-bond acceptors (Lipinski definition) is 4. The van der Waals surface area contributed by atoms with E-state index in [9.17, 15) is 9.59 Å². The van der Waals surface area contributed by atoms with Crippen LogP contribution in [0.1, 0.15) is 27.7 Å². The molecule has 15 heavy (non-hydrogen) atoms. The molecule has 0 aliphatic rings. The van der Waals surface area contributed by atoms with Gasteiger partial charge in [0, 0.05) is 18.8 Å². The zero-order chi connectivity index (χ0) is 11.8. The summed E-state index contributed by atoms with van der Waals surface area (Å²) in [5.74, 6) is 3.88. The normalized spacial score (nSPS) is 11.3. The topological polar surface area (TPSA) is 52.6 Å². The maximum Gasteiger partial charge on any atom is 0.384 e. The van der Waals surface area contributed by atoms with Crippen LogP contribution in [0.5, 0.6) is 0 Å². The minimum atomic E-state index is -0.602. The van der Waals surface area contributed by atoms with Crippen LogP contribution in [0.2, 0.25) is 0 Å². The Bertz CT molecular complexity index is 283. The molecule has 4 heteroatoms. The van der Waals surface area contributed by atoms with Crippen LogP contribution in [0.3, 0.4) is 0 Å². The van der Waals surface area contributed by atoms with E-state index in [0.29, 0.717) is 0 Å². The van der Waals surface area contributed by atoms with Crippen LogP contribution in [0.15, 0.2) is 0 Å². The number of carbonyl (C=O) groups is 2. The van der Waals surface area contributed by atoms with Gasteiger partial charge in [0.1, 0.15) is 0 Å². The Morgan fingerprint density at radius 2 is 1.93 bits per heavy atom. The third-order valence-electron chi connectivity index (χ3n) is 1.49. The molecule has 0 heterocycles. The Hall–Kier alpha value is -1.50. The van der Waals surface area contributed by atoms with Crippen molar-refractivity contribution in [3.8, 4) is 11.8 Å². The van der Waals surface area contributed by atoms with Crippen molar-refractivity contribution in [3.63, 3.8) is 0 Å². The Kier molecular flexibility index (Phi) is 6.19. The van der Waals surface area contributed by atoms with Crippen LogP contribution in [0.4, 0.5) is 0 Å². The van der Waals surface area contributed by atoms with Crippen LogP contribution in [0.25, 0.3) is 0 Å². The summed E-state index contributed by atoms with van der Waals surface area (Å²) in [5.41, 5.74) is 0. The van der Waals surface area contributed by atoms with Gasteiger partial charge < -0.3 is 9.47 Å². The maximum atomic E-state index is 10.9. The molecular weight excluding hydrogens is 196 g/mol. The van der Waals surface area contributed by atoms with Crippen LogP contribution in [-0.2, 0) is 19.1 Å². The fourth-order valence-electron chi connectivity index (χ4n) is 0.808. The highest BCUT2D eigenvalue weighted by atomic mass is 16.5. The van der Waals surface area contributed by atoms with Gasteiger partial charge in [-0.3, -0.25) is 4.79 Å². The lowest BCUT2D eigenvalue weighted by Gasteiger charge is -2.13. The minimum absolute atomic E-state index is 0.0378. The summed E-state index contributed by atoms with van der Waals surface area (Å²) in [6, 6.07) is 0. The van der Waals surface area contributed by atoms with Crippen LogP contribution < -0.4 is 0 Å². The van der Waals surface area contributed by atoms with E-state index in [4.69, 9.17) is 4.74 Å². The minimum Gasteiger partial charge on any atom is -0.456 e. The standard InChI is InChI=1S/C11H16O4/c1-5-14-11(13)7-6-10(8(2)3)15-9(4)12/h8,10H,5H2,1-4H3. The molecule has 0 aliphatic heterocycles. The molecule has 84 valence electrons. The van der Waals surface area contributed by atoms with E-state index < -0.39 is 18.0 Å². The molecule has 1 atom stereocenters. The van der Waals surface area contributed by atoms with E-state index in [1.54, 1.807) is 6.92 Å². The van der Waals surface area contributed by atoms with Crippen molar-refractivity contribution in [3.05, 3.63) is 0 Å². The van der Waals surface area contributed by atoms with E-state index in [-0.39, 0.29) is 12.5 Å². The number of esters is 2. The third kappa shape index (κ3) is 6.55. The average Bonchev–Trinajstić information content (AvgIpc) is 2.11. The molecule has 0 aliphatic carbocycles. The maximum absolute atomic E-state index is 10.9. The predicted molar refractivity (Wildman–Crippen MR) is 54.8 cm³/mol. The molecule has 1 unspecified atom stereocenters. The van der Waals surface area contributed by atoms with Crippen molar-refractivity contribution in [2.24, 2.45) is 5.92 Å². The summed E-state index contributed by atoms with van der Waals surface area (Å²) in [4.78, 5) is 21.6. The van der Waals surface area contributed by atoms with E-state index in [0.717, 1.165) is 0 Å². The smallest absolute Gasteiger partial charge is 0.384 e. The molecule has 0 spiro atoms. The van der Waals surface area contributed by atoms with Crippen molar-refractivity contribution < 1.29 is 19.1 Å². The molecule has 0 bridgehead atoms. The van der Waals surface area contributed by atoms with Gasteiger partial charge >= 0.3 is 11.9 Å². The molecule has 0 amide bonds. The highest BCUT2D eigenvalue weighted by Gasteiger charge is 2.13. The number of ether oxygens (including phenoxy) is 2. The molecular formula is C11H16O4. The van der Waals surface area contributed by atoms with Crippen LogP contribution in [0, 0.1) is 17.8 Å². The fraction of sp³-hybridized carbons (Fsp3) is 0.636. The van der Waals surface area contributed by atoms with Gasteiger partial charge in [-0.15, -0.1) is 0 Å². The molecule has 0 N–H and O–H groups in total. The largest absolute Gasteiger partial charge is 0.456 e. The molecule has 0 rings (SSSR count). The first-order chi connectivity index (χ1) is 6.97. The lowest BCUT2D eigenvalue weighted by Crippen LogP contribution is -2.20. The highest BCUT2D eigenvalue weighted by Crippen LogP contribution is 2.05.